The van der Waals surface area contributed by atoms with Crippen molar-refractivity contribution >= 4 is 23.8 Å². The van der Waals surface area contributed by atoms with Crippen LogP contribution in [0.2, 0.25) is 0 Å². The highest BCUT2D eigenvalue weighted by atomic mass is 32.2. The normalized spacial score (nSPS) is 21.7. The van der Waals surface area contributed by atoms with Crippen LogP contribution in [0, 0.1) is 0 Å². The summed E-state index contributed by atoms with van der Waals surface area (Å²) in [5.74, 6) is 2.34. The molecule has 2 aliphatic rings. The van der Waals surface area contributed by atoms with E-state index in [-0.39, 0.29) is 18.0 Å². The first-order chi connectivity index (χ1) is 10.7. The van der Waals surface area contributed by atoms with E-state index in [1.54, 1.807) is 28.8 Å². The van der Waals surface area contributed by atoms with Crippen LogP contribution in [0.5, 0.6) is 5.75 Å². The summed E-state index contributed by atoms with van der Waals surface area (Å²) in [7, 11) is 0. The molecule has 1 unspecified atom stereocenters. The minimum atomic E-state index is -0.354. The second-order valence-electron chi connectivity index (χ2n) is 5.27. The van der Waals surface area contributed by atoms with Gasteiger partial charge in [-0.05, 0) is 12.1 Å². The molecule has 1 aromatic carbocycles. The monoisotopic (exact) mass is 321 g/mol. The van der Waals surface area contributed by atoms with Crippen molar-refractivity contribution < 1.29 is 14.3 Å². The number of benzene rings is 1. The minimum Gasteiger partial charge on any atom is -0.410 e. The van der Waals surface area contributed by atoms with Crippen LogP contribution in [0.1, 0.15) is 0 Å². The third-order valence-corrected chi connectivity index (χ3v) is 4.75. The number of para-hydroxylation sites is 1. The highest BCUT2D eigenvalue weighted by Gasteiger charge is 2.31. The van der Waals surface area contributed by atoms with Crippen molar-refractivity contribution in [3.8, 4) is 5.75 Å². The second-order valence-corrected chi connectivity index (χ2v) is 6.30. The number of nitrogens with zero attached hydrogens (tertiary/aromatic N) is 2. The quantitative estimate of drug-likeness (QED) is 0.880. The predicted octanol–water partition coefficient (Wildman–Crippen LogP) is 0.992. The molecule has 2 amide bonds. The number of hydrogen-bond donors (Lipinski definition) is 1. The first-order valence-electron chi connectivity index (χ1n) is 7.36. The number of carbonyl (C=O) groups is 2. The van der Waals surface area contributed by atoms with Crippen LogP contribution in [-0.4, -0.2) is 65.7 Å². The van der Waals surface area contributed by atoms with Crippen LogP contribution in [-0.2, 0) is 4.79 Å². The Morgan fingerprint density at radius 2 is 1.77 bits per heavy atom. The van der Waals surface area contributed by atoms with Gasteiger partial charge in [-0.2, -0.15) is 0 Å². The molecule has 0 radical (unpaired) electrons. The average Bonchev–Trinajstić information content (AvgIpc) is 3.10. The molecule has 0 saturated carbocycles. The Balaban J connectivity index is 1.48. The molecule has 2 saturated heterocycles. The van der Waals surface area contributed by atoms with Gasteiger partial charge in [0.2, 0.25) is 5.91 Å². The number of thioether (sulfide) groups is 1. The fourth-order valence-corrected chi connectivity index (χ4v) is 3.47. The van der Waals surface area contributed by atoms with Crippen molar-refractivity contribution in [1.29, 1.82) is 0 Å². The highest BCUT2D eigenvalue weighted by Crippen LogP contribution is 2.15. The highest BCUT2D eigenvalue weighted by molar-refractivity contribution is 7.99. The van der Waals surface area contributed by atoms with Crippen LogP contribution in [0.4, 0.5) is 4.79 Å². The molecule has 1 aromatic rings. The van der Waals surface area contributed by atoms with E-state index < -0.39 is 0 Å². The van der Waals surface area contributed by atoms with Gasteiger partial charge in [-0.25, -0.2) is 4.79 Å². The van der Waals surface area contributed by atoms with E-state index >= 15 is 0 Å². The van der Waals surface area contributed by atoms with Crippen LogP contribution >= 0.6 is 11.8 Å². The summed E-state index contributed by atoms with van der Waals surface area (Å²) in [6.07, 6.45) is -0.354. The van der Waals surface area contributed by atoms with Gasteiger partial charge in [0.15, 0.2) is 0 Å². The molecule has 1 atom stereocenters. The average molecular weight is 321 g/mol. The van der Waals surface area contributed by atoms with E-state index in [2.05, 4.69) is 5.32 Å². The number of hydrogen-bond acceptors (Lipinski definition) is 5. The van der Waals surface area contributed by atoms with Crippen molar-refractivity contribution in [2.45, 2.75) is 6.04 Å². The van der Waals surface area contributed by atoms with E-state index in [4.69, 9.17) is 4.74 Å². The molecule has 2 fully saturated rings. The maximum Gasteiger partial charge on any atom is 0.415 e. The Morgan fingerprint density at radius 3 is 2.41 bits per heavy atom. The molecule has 0 bridgehead atoms. The lowest BCUT2D eigenvalue weighted by Crippen LogP contribution is -2.55. The molecular weight excluding hydrogens is 302 g/mol. The fraction of sp³-hybridized carbons (Fsp3) is 0.467. The molecule has 0 aromatic heterocycles. The molecule has 3 rings (SSSR count). The van der Waals surface area contributed by atoms with Crippen molar-refractivity contribution in [2.75, 3.05) is 37.8 Å². The molecule has 2 heterocycles. The Kier molecular flexibility index (Phi) is 4.84. The Labute approximate surface area is 133 Å². The Morgan fingerprint density at radius 1 is 1.09 bits per heavy atom. The van der Waals surface area contributed by atoms with E-state index in [0.29, 0.717) is 31.9 Å². The van der Waals surface area contributed by atoms with Crippen molar-refractivity contribution in [2.24, 2.45) is 0 Å². The Bertz CT molecular complexity index is 526. The number of carbonyl (C=O) groups excluding carboxylic acids is 2. The minimum absolute atomic E-state index is 0.0761. The van der Waals surface area contributed by atoms with Crippen molar-refractivity contribution in [3.05, 3.63) is 30.3 Å². The zero-order valence-electron chi connectivity index (χ0n) is 12.2. The van der Waals surface area contributed by atoms with Gasteiger partial charge in [-0.3, -0.25) is 10.1 Å². The molecule has 118 valence electrons. The SMILES string of the molecule is O=C(Oc1ccccc1)N1CCN(C(=O)C2CSCN2)CC1. The van der Waals surface area contributed by atoms with Crippen LogP contribution in [0.3, 0.4) is 0 Å². The van der Waals surface area contributed by atoms with Crippen molar-refractivity contribution in [3.63, 3.8) is 0 Å². The molecule has 0 aliphatic carbocycles. The van der Waals surface area contributed by atoms with E-state index in [0.717, 1.165) is 11.6 Å². The molecule has 2 aliphatic heterocycles. The lowest BCUT2D eigenvalue weighted by Gasteiger charge is -2.35. The maximum absolute atomic E-state index is 12.3. The second kappa shape index (κ2) is 7.02. The topological polar surface area (TPSA) is 61.9 Å². The fourth-order valence-electron chi connectivity index (χ4n) is 2.54. The van der Waals surface area contributed by atoms with Crippen molar-refractivity contribution in [1.82, 2.24) is 15.1 Å². The number of ether oxygens (including phenoxy) is 1. The molecule has 6 nitrogen and oxygen atoms in total. The first kappa shape index (κ1) is 15.2. The van der Waals surface area contributed by atoms with Gasteiger partial charge in [0.05, 0.1) is 6.04 Å². The number of piperazine rings is 1. The standard InChI is InChI=1S/C15H19N3O3S/c19-14(13-10-22-11-16-13)17-6-8-18(9-7-17)15(20)21-12-4-2-1-3-5-12/h1-5,13,16H,6-11H2. The summed E-state index contributed by atoms with van der Waals surface area (Å²) >= 11 is 1.74. The van der Waals surface area contributed by atoms with E-state index in [1.807, 2.05) is 23.1 Å². The van der Waals surface area contributed by atoms with Gasteiger partial charge in [0.1, 0.15) is 5.75 Å². The number of nitrogens with one attached hydrogen (secondary N) is 1. The molecule has 0 spiro atoms. The maximum atomic E-state index is 12.3. The first-order valence-corrected chi connectivity index (χ1v) is 8.51. The zero-order chi connectivity index (χ0) is 15.4. The third-order valence-electron chi connectivity index (χ3n) is 3.81. The van der Waals surface area contributed by atoms with Crippen LogP contribution in [0.25, 0.3) is 0 Å². The lowest BCUT2D eigenvalue weighted by molar-refractivity contribution is -0.134. The molecule has 1 N–H and O–H groups in total. The number of amides is 2. The van der Waals surface area contributed by atoms with E-state index in [1.165, 1.54) is 0 Å². The van der Waals surface area contributed by atoms with Gasteiger partial charge in [0.25, 0.3) is 0 Å². The van der Waals surface area contributed by atoms with Gasteiger partial charge in [-0.1, -0.05) is 18.2 Å². The zero-order valence-corrected chi connectivity index (χ0v) is 13.1. The van der Waals surface area contributed by atoms with Gasteiger partial charge < -0.3 is 14.5 Å². The number of rotatable bonds is 2. The summed E-state index contributed by atoms with van der Waals surface area (Å²) in [4.78, 5) is 27.8. The molecular formula is C15H19N3O3S. The summed E-state index contributed by atoms with van der Waals surface area (Å²) in [5.41, 5.74) is 0. The van der Waals surface area contributed by atoms with Gasteiger partial charge in [0, 0.05) is 37.8 Å². The summed E-state index contributed by atoms with van der Waals surface area (Å²) in [5, 5.41) is 3.19. The van der Waals surface area contributed by atoms with E-state index in [9.17, 15) is 9.59 Å². The molecule has 22 heavy (non-hydrogen) atoms. The summed E-state index contributed by atoms with van der Waals surface area (Å²) < 4.78 is 5.32. The smallest absolute Gasteiger partial charge is 0.410 e. The van der Waals surface area contributed by atoms with Crippen LogP contribution < -0.4 is 10.1 Å². The molecule has 7 heteroatoms. The predicted molar refractivity (Wildman–Crippen MR) is 84.9 cm³/mol. The largest absolute Gasteiger partial charge is 0.415 e. The van der Waals surface area contributed by atoms with Gasteiger partial charge in [-0.15, -0.1) is 11.8 Å². The Hall–Kier alpha value is -1.73. The summed E-state index contributed by atoms with van der Waals surface area (Å²) in [6.45, 7) is 2.14. The summed E-state index contributed by atoms with van der Waals surface area (Å²) in [6, 6.07) is 8.95. The third kappa shape index (κ3) is 3.53. The van der Waals surface area contributed by atoms with Gasteiger partial charge >= 0.3 is 6.09 Å². The lowest BCUT2D eigenvalue weighted by atomic mass is 10.2. The van der Waals surface area contributed by atoms with Crippen LogP contribution in [0.15, 0.2) is 30.3 Å².